The van der Waals surface area contributed by atoms with Crippen LogP contribution in [0.25, 0.3) is 0 Å². The van der Waals surface area contributed by atoms with Gasteiger partial charge in [0.1, 0.15) is 0 Å². The summed E-state index contributed by atoms with van der Waals surface area (Å²) >= 11 is 0. The molecular weight excluding hydrogens is 228 g/mol. The van der Waals surface area contributed by atoms with E-state index >= 15 is 0 Å². The molecule has 1 aromatic rings. The molecule has 2 heterocycles. The molecule has 2 unspecified atom stereocenters. The zero-order valence-corrected chi connectivity index (χ0v) is 11.1. The number of amides is 1. The Morgan fingerprint density at radius 2 is 2.44 bits per heavy atom. The van der Waals surface area contributed by atoms with Crippen molar-refractivity contribution in [2.45, 2.75) is 39.3 Å². The van der Waals surface area contributed by atoms with E-state index in [0.29, 0.717) is 12.6 Å². The molecule has 1 fully saturated rings. The van der Waals surface area contributed by atoms with E-state index in [1.807, 2.05) is 24.0 Å². The standard InChI is InChI=1S/C13H22N4O/c1-10-7-16-17(9-10)6-5-14-13(18)12-4-3-11(2)15-8-12/h7,9,11-12,15H,3-6,8H2,1-2H3,(H,14,18). The van der Waals surface area contributed by atoms with Crippen LogP contribution < -0.4 is 10.6 Å². The van der Waals surface area contributed by atoms with E-state index in [0.717, 1.165) is 31.5 Å². The number of aromatic nitrogens is 2. The zero-order valence-electron chi connectivity index (χ0n) is 11.1. The van der Waals surface area contributed by atoms with Gasteiger partial charge in [-0.05, 0) is 32.3 Å². The number of aryl methyl sites for hydroxylation is 1. The lowest BCUT2D eigenvalue weighted by atomic mass is 9.95. The van der Waals surface area contributed by atoms with Crippen molar-refractivity contribution in [3.05, 3.63) is 18.0 Å². The summed E-state index contributed by atoms with van der Waals surface area (Å²) in [5, 5.41) is 10.5. The second-order valence-electron chi connectivity index (χ2n) is 5.16. The topological polar surface area (TPSA) is 59.0 Å². The highest BCUT2D eigenvalue weighted by Gasteiger charge is 2.23. The van der Waals surface area contributed by atoms with Gasteiger partial charge in [-0.15, -0.1) is 0 Å². The minimum atomic E-state index is 0.126. The first-order valence-corrected chi connectivity index (χ1v) is 6.65. The van der Waals surface area contributed by atoms with Crippen LogP contribution in [0, 0.1) is 12.8 Å². The molecule has 1 amide bonds. The lowest BCUT2D eigenvalue weighted by Crippen LogP contribution is -2.44. The van der Waals surface area contributed by atoms with Crippen LogP contribution in [-0.4, -0.2) is 34.8 Å². The van der Waals surface area contributed by atoms with Gasteiger partial charge in [0.25, 0.3) is 0 Å². The van der Waals surface area contributed by atoms with Gasteiger partial charge in [0, 0.05) is 25.3 Å². The summed E-state index contributed by atoms with van der Waals surface area (Å²) in [5.41, 5.74) is 1.15. The number of piperidine rings is 1. The van der Waals surface area contributed by atoms with Gasteiger partial charge >= 0.3 is 0 Å². The molecule has 0 spiro atoms. The average Bonchev–Trinajstić information content (AvgIpc) is 2.76. The Morgan fingerprint density at radius 1 is 1.61 bits per heavy atom. The predicted octanol–water partition coefficient (Wildman–Crippen LogP) is 0.696. The second kappa shape index (κ2) is 6.00. The molecule has 0 radical (unpaired) electrons. The first kappa shape index (κ1) is 13.1. The fraction of sp³-hybridized carbons (Fsp3) is 0.692. The highest BCUT2D eigenvalue weighted by Crippen LogP contribution is 2.13. The maximum absolute atomic E-state index is 11.9. The highest BCUT2D eigenvalue weighted by atomic mass is 16.1. The van der Waals surface area contributed by atoms with Gasteiger partial charge in [-0.2, -0.15) is 5.10 Å². The van der Waals surface area contributed by atoms with E-state index in [-0.39, 0.29) is 11.8 Å². The van der Waals surface area contributed by atoms with Gasteiger partial charge in [0.15, 0.2) is 0 Å². The fourth-order valence-corrected chi connectivity index (χ4v) is 2.25. The summed E-state index contributed by atoms with van der Waals surface area (Å²) in [5.74, 6) is 0.291. The molecule has 2 rings (SSSR count). The second-order valence-corrected chi connectivity index (χ2v) is 5.16. The lowest BCUT2D eigenvalue weighted by Gasteiger charge is -2.26. The quantitative estimate of drug-likeness (QED) is 0.827. The number of nitrogens with one attached hydrogen (secondary N) is 2. The largest absolute Gasteiger partial charge is 0.354 e. The molecule has 2 N–H and O–H groups in total. The van der Waals surface area contributed by atoms with Crippen LogP contribution in [0.5, 0.6) is 0 Å². The Balaban J connectivity index is 1.68. The molecule has 1 saturated heterocycles. The monoisotopic (exact) mass is 250 g/mol. The summed E-state index contributed by atoms with van der Waals surface area (Å²) in [6.45, 7) is 6.35. The zero-order chi connectivity index (χ0) is 13.0. The molecular formula is C13H22N4O. The van der Waals surface area contributed by atoms with Crippen LogP contribution >= 0.6 is 0 Å². The lowest BCUT2D eigenvalue weighted by molar-refractivity contribution is -0.125. The molecule has 0 saturated carbocycles. The Bertz CT molecular complexity index is 393. The summed E-state index contributed by atoms with van der Waals surface area (Å²) in [6, 6.07) is 0.543. The Kier molecular flexibility index (Phi) is 4.36. The molecule has 18 heavy (non-hydrogen) atoms. The first-order valence-electron chi connectivity index (χ1n) is 6.65. The summed E-state index contributed by atoms with van der Waals surface area (Å²) in [7, 11) is 0. The summed E-state index contributed by atoms with van der Waals surface area (Å²) in [4.78, 5) is 11.9. The van der Waals surface area contributed by atoms with Crippen molar-refractivity contribution in [3.8, 4) is 0 Å². The molecule has 5 nitrogen and oxygen atoms in total. The van der Waals surface area contributed by atoms with Gasteiger partial charge < -0.3 is 10.6 Å². The van der Waals surface area contributed by atoms with Gasteiger partial charge in [-0.25, -0.2) is 0 Å². The molecule has 100 valence electrons. The third-order valence-corrected chi connectivity index (χ3v) is 3.43. The molecule has 0 aliphatic carbocycles. The van der Waals surface area contributed by atoms with Crippen molar-refractivity contribution in [3.63, 3.8) is 0 Å². The first-order chi connectivity index (χ1) is 8.65. The van der Waals surface area contributed by atoms with Crippen LogP contribution in [0.1, 0.15) is 25.3 Å². The van der Waals surface area contributed by atoms with Crippen molar-refractivity contribution < 1.29 is 4.79 Å². The van der Waals surface area contributed by atoms with Gasteiger partial charge in [-0.1, -0.05) is 0 Å². The fourth-order valence-electron chi connectivity index (χ4n) is 2.25. The molecule has 0 aromatic carbocycles. The molecule has 0 bridgehead atoms. The third-order valence-electron chi connectivity index (χ3n) is 3.43. The van der Waals surface area contributed by atoms with Crippen molar-refractivity contribution in [1.82, 2.24) is 20.4 Å². The molecule has 2 atom stereocenters. The van der Waals surface area contributed by atoms with Crippen molar-refractivity contribution in [1.29, 1.82) is 0 Å². The third kappa shape index (κ3) is 3.57. The van der Waals surface area contributed by atoms with Crippen molar-refractivity contribution in [2.75, 3.05) is 13.1 Å². The van der Waals surface area contributed by atoms with Crippen molar-refractivity contribution >= 4 is 5.91 Å². The molecule has 1 aromatic heterocycles. The minimum absolute atomic E-state index is 0.126. The summed E-state index contributed by atoms with van der Waals surface area (Å²) < 4.78 is 1.86. The van der Waals surface area contributed by atoms with Crippen LogP contribution in [0.3, 0.4) is 0 Å². The van der Waals surface area contributed by atoms with E-state index in [9.17, 15) is 4.79 Å². The Morgan fingerprint density at radius 3 is 3.06 bits per heavy atom. The molecule has 5 heteroatoms. The van der Waals surface area contributed by atoms with E-state index in [4.69, 9.17) is 0 Å². The number of hydrogen-bond acceptors (Lipinski definition) is 3. The van der Waals surface area contributed by atoms with Crippen molar-refractivity contribution in [2.24, 2.45) is 5.92 Å². The predicted molar refractivity (Wildman–Crippen MR) is 70.2 cm³/mol. The smallest absolute Gasteiger partial charge is 0.224 e. The van der Waals surface area contributed by atoms with E-state index in [1.54, 1.807) is 0 Å². The minimum Gasteiger partial charge on any atom is -0.354 e. The number of rotatable bonds is 4. The number of carbonyl (C=O) groups excluding carboxylic acids is 1. The highest BCUT2D eigenvalue weighted by molar-refractivity contribution is 5.78. The number of nitrogens with zero attached hydrogens (tertiary/aromatic N) is 2. The maximum Gasteiger partial charge on any atom is 0.224 e. The van der Waals surface area contributed by atoms with Gasteiger partial charge in [0.05, 0.1) is 18.7 Å². The Labute approximate surface area is 108 Å². The van der Waals surface area contributed by atoms with Crippen LogP contribution in [0.2, 0.25) is 0 Å². The number of carbonyl (C=O) groups is 1. The Hall–Kier alpha value is -1.36. The average molecular weight is 250 g/mol. The number of hydrogen-bond donors (Lipinski definition) is 2. The summed E-state index contributed by atoms with van der Waals surface area (Å²) in [6.07, 6.45) is 5.88. The van der Waals surface area contributed by atoms with E-state index in [2.05, 4.69) is 22.7 Å². The van der Waals surface area contributed by atoms with Gasteiger partial charge in [-0.3, -0.25) is 9.48 Å². The van der Waals surface area contributed by atoms with Crippen LogP contribution in [-0.2, 0) is 11.3 Å². The molecule has 1 aliphatic heterocycles. The maximum atomic E-state index is 11.9. The normalized spacial score (nSPS) is 23.9. The van der Waals surface area contributed by atoms with Crippen LogP contribution in [0.4, 0.5) is 0 Å². The molecule has 1 aliphatic rings. The van der Waals surface area contributed by atoms with Gasteiger partial charge in [0.2, 0.25) is 5.91 Å². The van der Waals surface area contributed by atoms with E-state index < -0.39 is 0 Å². The SMILES string of the molecule is Cc1cnn(CCNC(=O)C2CCC(C)NC2)c1. The van der Waals surface area contributed by atoms with E-state index in [1.165, 1.54) is 0 Å². The van der Waals surface area contributed by atoms with Crippen LogP contribution in [0.15, 0.2) is 12.4 Å².